The predicted molar refractivity (Wildman–Crippen MR) is 27.9 cm³/mol. The Balaban J connectivity index is 3.74. The first-order valence-corrected chi connectivity index (χ1v) is 2.44. The molecule has 4 nitrogen and oxygen atoms in total. The fourth-order valence-corrected chi connectivity index (χ4v) is 0.176. The minimum absolute atomic E-state index is 0.912. The van der Waals surface area contributed by atoms with Gasteiger partial charge < -0.3 is 0 Å². The Labute approximate surface area is 53.3 Å². The number of hydrogen-bond acceptors (Lipinski definition) is 3. The van der Waals surface area contributed by atoms with E-state index in [4.69, 9.17) is 0 Å². The molecule has 0 rings (SSSR count). The van der Waals surface area contributed by atoms with Crippen LogP contribution in [-0.4, -0.2) is 18.7 Å². The first-order chi connectivity index (χ1) is 3.98. The molecule has 0 saturated carbocycles. The van der Waals surface area contributed by atoms with E-state index in [2.05, 4.69) is 9.78 Å². The Bertz CT molecular complexity index is 102. The zero-order valence-corrected chi connectivity index (χ0v) is 5.63. The van der Waals surface area contributed by atoms with Gasteiger partial charge in [0.15, 0.2) is 5.60 Å². The highest BCUT2D eigenvalue weighted by Gasteiger charge is 2.28. The standard InChI is InChI=1S/C5H9O4/c1-5(2,7)4(6)9-8-3/h1-3H3. The Morgan fingerprint density at radius 3 is 2.00 bits per heavy atom. The molecule has 0 aliphatic carbocycles. The third-order valence-corrected chi connectivity index (χ3v) is 0.651. The summed E-state index contributed by atoms with van der Waals surface area (Å²) in [6.45, 7) is 2.41. The maximum atomic E-state index is 10.6. The van der Waals surface area contributed by atoms with Crippen molar-refractivity contribution in [3.8, 4) is 0 Å². The normalized spacial score (nSPS) is 11.1. The van der Waals surface area contributed by atoms with Crippen molar-refractivity contribution in [3.05, 3.63) is 0 Å². The van der Waals surface area contributed by atoms with Crippen LogP contribution >= 0.6 is 0 Å². The van der Waals surface area contributed by atoms with Crippen LogP contribution in [0.5, 0.6) is 0 Å². The third kappa shape index (κ3) is 3.05. The highest BCUT2D eigenvalue weighted by atomic mass is 17.2. The van der Waals surface area contributed by atoms with Crippen LogP contribution in [0.2, 0.25) is 0 Å². The molecule has 0 bridgehead atoms. The van der Waals surface area contributed by atoms with Crippen molar-refractivity contribution in [3.63, 3.8) is 0 Å². The van der Waals surface area contributed by atoms with Gasteiger partial charge in [0, 0.05) is 0 Å². The van der Waals surface area contributed by atoms with Gasteiger partial charge in [-0.15, -0.1) is 0 Å². The molecule has 4 heteroatoms. The molecule has 0 unspecified atom stereocenters. The fraction of sp³-hybridized carbons (Fsp3) is 0.800. The predicted octanol–water partition coefficient (Wildman–Crippen LogP) is 0.300. The van der Waals surface area contributed by atoms with E-state index in [1.54, 1.807) is 0 Å². The van der Waals surface area contributed by atoms with Gasteiger partial charge >= 0.3 is 5.97 Å². The summed E-state index contributed by atoms with van der Waals surface area (Å²) in [5.74, 6) is -0.912. The lowest BCUT2D eigenvalue weighted by molar-refractivity contribution is -0.271. The van der Waals surface area contributed by atoms with E-state index < -0.39 is 11.6 Å². The minimum Gasteiger partial charge on any atom is -0.295 e. The van der Waals surface area contributed by atoms with Gasteiger partial charge in [0.2, 0.25) is 0 Å². The summed E-state index contributed by atoms with van der Waals surface area (Å²) in [6, 6.07) is 0. The van der Waals surface area contributed by atoms with Crippen LogP contribution in [0.4, 0.5) is 0 Å². The summed E-state index contributed by atoms with van der Waals surface area (Å²) in [5.41, 5.74) is -1.73. The van der Waals surface area contributed by atoms with E-state index in [1.165, 1.54) is 21.0 Å². The first kappa shape index (κ1) is 8.39. The van der Waals surface area contributed by atoms with E-state index in [0.29, 0.717) is 0 Å². The van der Waals surface area contributed by atoms with E-state index >= 15 is 0 Å². The maximum absolute atomic E-state index is 10.6. The average Bonchev–Trinajstić information content (AvgIpc) is 1.64. The van der Waals surface area contributed by atoms with Crippen LogP contribution in [0.15, 0.2) is 0 Å². The first-order valence-electron chi connectivity index (χ1n) is 2.44. The number of rotatable bonds is 2. The molecule has 0 aromatic heterocycles. The largest absolute Gasteiger partial charge is 0.376 e. The highest BCUT2D eigenvalue weighted by Crippen LogP contribution is 2.03. The van der Waals surface area contributed by atoms with Crippen LogP contribution in [0, 0.1) is 0 Å². The van der Waals surface area contributed by atoms with Gasteiger partial charge in [0.1, 0.15) is 0 Å². The van der Waals surface area contributed by atoms with Crippen molar-refractivity contribution in [2.24, 2.45) is 0 Å². The monoisotopic (exact) mass is 133 g/mol. The van der Waals surface area contributed by atoms with Gasteiger partial charge in [0.25, 0.3) is 0 Å². The second-order valence-corrected chi connectivity index (χ2v) is 2.05. The van der Waals surface area contributed by atoms with Crippen molar-refractivity contribution in [1.82, 2.24) is 0 Å². The zero-order chi connectivity index (χ0) is 7.49. The number of carbonyl (C=O) groups is 1. The summed E-state index contributed by atoms with van der Waals surface area (Å²) < 4.78 is 0. The van der Waals surface area contributed by atoms with E-state index in [9.17, 15) is 9.90 Å². The molecule has 0 heterocycles. The SMILES string of the molecule is COOC(=O)C(C)(C)[O]. The van der Waals surface area contributed by atoms with E-state index in [1.807, 2.05) is 0 Å². The van der Waals surface area contributed by atoms with Crippen LogP contribution in [-0.2, 0) is 19.7 Å². The summed E-state index contributed by atoms with van der Waals surface area (Å²) in [7, 11) is 1.17. The maximum Gasteiger partial charge on any atom is 0.376 e. The lowest BCUT2D eigenvalue weighted by Gasteiger charge is -2.09. The summed E-state index contributed by atoms with van der Waals surface area (Å²) in [4.78, 5) is 18.3. The van der Waals surface area contributed by atoms with Crippen molar-refractivity contribution in [2.45, 2.75) is 19.4 Å². The zero-order valence-electron chi connectivity index (χ0n) is 5.63. The Morgan fingerprint density at radius 1 is 1.44 bits per heavy atom. The van der Waals surface area contributed by atoms with Gasteiger partial charge in [-0.25, -0.2) is 9.90 Å². The number of hydrogen-bond donors (Lipinski definition) is 0. The molecule has 0 fully saturated rings. The van der Waals surface area contributed by atoms with E-state index in [-0.39, 0.29) is 0 Å². The fourth-order valence-electron chi connectivity index (χ4n) is 0.176. The average molecular weight is 133 g/mol. The molecule has 0 aliphatic rings. The van der Waals surface area contributed by atoms with Crippen molar-refractivity contribution in [2.75, 3.05) is 7.11 Å². The van der Waals surface area contributed by atoms with Crippen molar-refractivity contribution < 1.29 is 19.7 Å². The van der Waals surface area contributed by atoms with Gasteiger partial charge in [-0.05, 0) is 13.8 Å². The molecule has 0 aromatic carbocycles. The van der Waals surface area contributed by atoms with Crippen LogP contribution in [0.3, 0.4) is 0 Å². The molecule has 0 spiro atoms. The molecule has 0 aromatic rings. The Hall–Kier alpha value is -0.610. The summed E-state index contributed by atoms with van der Waals surface area (Å²) >= 11 is 0. The molecule has 0 N–H and O–H groups in total. The molecule has 1 radical (unpaired) electrons. The molecular weight excluding hydrogens is 124 g/mol. The second-order valence-electron chi connectivity index (χ2n) is 2.05. The molecule has 53 valence electrons. The minimum atomic E-state index is -1.73. The molecule has 0 aliphatic heterocycles. The summed E-state index contributed by atoms with van der Waals surface area (Å²) in [5, 5.41) is 10.6. The quantitative estimate of drug-likeness (QED) is 0.402. The van der Waals surface area contributed by atoms with Crippen LogP contribution in [0.1, 0.15) is 13.8 Å². The second kappa shape index (κ2) is 2.80. The van der Waals surface area contributed by atoms with Crippen molar-refractivity contribution >= 4 is 5.97 Å². The smallest absolute Gasteiger partial charge is 0.295 e. The van der Waals surface area contributed by atoms with Gasteiger partial charge in [-0.3, -0.25) is 4.89 Å². The van der Waals surface area contributed by atoms with Crippen molar-refractivity contribution in [1.29, 1.82) is 0 Å². The summed E-state index contributed by atoms with van der Waals surface area (Å²) in [6.07, 6.45) is 0. The molecule has 0 atom stereocenters. The lowest BCUT2D eigenvalue weighted by Crippen LogP contribution is -2.31. The molecule has 0 amide bonds. The molecule has 0 saturated heterocycles. The Morgan fingerprint density at radius 2 is 1.89 bits per heavy atom. The van der Waals surface area contributed by atoms with Gasteiger partial charge in [0.05, 0.1) is 7.11 Å². The third-order valence-electron chi connectivity index (χ3n) is 0.651. The topological polar surface area (TPSA) is 55.4 Å². The Kier molecular flexibility index (Phi) is 2.61. The van der Waals surface area contributed by atoms with Crippen LogP contribution in [0.25, 0.3) is 0 Å². The van der Waals surface area contributed by atoms with Gasteiger partial charge in [-0.2, -0.15) is 4.89 Å². The van der Waals surface area contributed by atoms with E-state index in [0.717, 1.165) is 0 Å². The highest BCUT2D eigenvalue weighted by molar-refractivity contribution is 5.77. The molecular formula is C5H9O4. The molecule has 9 heavy (non-hydrogen) atoms. The lowest BCUT2D eigenvalue weighted by atomic mass is 10.1. The van der Waals surface area contributed by atoms with Gasteiger partial charge in [-0.1, -0.05) is 0 Å². The number of carbonyl (C=O) groups excluding carboxylic acids is 1. The van der Waals surface area contributed by atoms with Crippen LogP contribution < -0.4 is 0 Å².